The van der Waals surface area contributed by atoms with Gasteiger partial charge < -0.3 is 4.42 Å². The Hall–Kier alpha value is -2.19. The van der Waals surface area contributed by atoms with Gasteiger partial charge in [-0.05, 0) is 63.4 Å². The van der Waals surface area contributed by atoms with Crippen molar-refractivity contribution in [3.05, 3.63) is 58.0 Å². The van der Waals surface area contributed by atoms with E-state index in [0.29, 0.717) is 10.2 Å². The minimum absolute atomic E-state index is 0.0138. The monoisotopic (exact) mass is 423 g/mol. The van der Waals surface area contributed by atoms with Crippen LogP contribution < -0.4 is 16.2 Å². The fraction of sp³-hybridized carbons (Fsp3) is 0.235. The molecule has 0 aliphatic heterocycles. The predicted molar refractivity (Wildman–Crippen MR) is 102 cm³/mol. The third kappa shape index (κ3) is 5.40. The number of hydrazine groups is 1. The molecule has 0 aliphatic carbocycles. The Morgan fingerprint density at radius 3 is 2.16 bits per heavy atom. The Labute approximate surface area is 159 Å². The van der Waals surface area contributed by atoms with Crippen LogP contribution in [-0.4, -0.2) is 16.9 Å². The zero-order valence-electron chi connectivity index (χ0n) is 14.0. The molecule has 0 spiro atoms. The summed E-state index contributed by atoms with van der Waals surface area (Å²) in [7, 11) is 0. The molecule has 25 heavy (non-hydrogen) atoms. The Morgan fingerprint density at radius 1 is 1.00 bits per heavy atom. The number of furan rings is 1. The third-order valence-electron chi connectivity index (χ3n) is 3.33. The molecule has 0 radical (unpaired) electrons. The molecule has 8 heteroatoms. The van der Waals surface area contributed by atoms with Crippen LogP contribution in [0.2, 0.25) is 0 Å². The normalized spacial score (nSPS) is 10.9. The molecule has 0 bridgehead atoms. The maximum atomic E-state index is 12.1. The fourth-order valence-corrected chi connectivity index (χ4v) is 2.39. The van der Waals surface area contributed by atoms with Gasteiger partial charge in [-0.2, -0.15) is 0 Å². The van der Waals surface area contributed by atoms with Gasteiger partial charge in [0.15, 0.2) is 15.5 Å². The van der Waals surface area contributed by atoms with E-state index in [-0.39, 0.29) is 22.2 Å². The van der Waals surface area contributed by atoms with Gasteiger partial charge in [0.2, 0.25) is 0 Å². The highest BCUT2D eigenvalue weighted by atomic mass is 79.9. The number of hydrogen-bond donors (Lipinski definition) is 3. The average molecular weight is 424 g/mol. The lowest BCUT2D eigenvalue weighted by molar-refractivity contribution is 0.0926. The van der Waals surface area contributed by atoms with Gasteiger partial charge >= 0.3 is 0 Å². The molecule has 0 atom stereocenters. The summed E-state index contributed by atoms with van der Waals surface area (Å²) in [6, 6.07) is 10.4. The lowest BCUT2D eigenvalue weighted by Gasteiger charge is -2.19. The van der Waals surface area contributed by atoms with Crippen LogP contribution in [0.3, 0.4) is 0 Å². The standard InChI is InChI=1S/C17H18BrN3O3S/c1-17(2,3)11-6-4-10(5-7-11)14(22)20-21-16(25)19-15(23)12-8-9-13(18)24-12/h4-9H,1-3H3,(H,20,22)(H2,19,21,23,25). The number of amides is 2. The molecule has 0 unspecified atom stereocenters. The van der Waals surface area contributed by atoms with Crippen molar-refractivity contribution in [1.82, 2.24) is 16.2 Å². The van der Waals surface area contributed by atoms with E-state index in [4.69, 9.17) is 16.6 Å². The molecular weight excluding hydrogens is 406 g/mol. The van der Waals surface area contributed by atoms with Crippen LogP contribution in [0.5, 0.6) is 0 Å². The van der Waals surface area contributed by atoms with Crippen molar-refractivity contribution in [3.63, 3.8) is 0 Å². The lowest BCUT2D eigenvalue weighted by Crippen LogP contribution is -2.48. The van der Waals surface area contributed by atoms with E-state index < -0.39 is 5.91 Å². The highest BCUT2D eigenvalue weighted by Gasteiger charge is 2.15. The molecule has 6 nitrogen and oxygen atoms in total. The number of nitrogens with one attached hydrogen (secondary N) is 3. The molecule has 1 aromatic carbocycles. The summed E-state index contributed by atoms with van der Waals surface area (Å²) in [6.45, 7) is 6.30. The summed E-state index contributed by atoms with van der Waals surface area (Å²) < 4.78 is 5.54. The molecule has 0 saturated carbocycles. The van der Waals surface area contributed by atoms with Gasteiger partial charge in [0.05, 0.1) is 0 Å². The van der Waals surface area contributed by atoms with Gasteiger partial charge in [-0.15, -0.1) is 0 Å². The topological polar surface area (TPSA) is 83.4 Å². The molecule has 1 aromatic heterocycles. The van der Waals surface area contributed by atoms with Gasteiger partial charge in [-0.25, -0.2) is 0 Å². The van der Waals surface area contributed by atoms with Crippen LogP contribution in [0.1, 0.15) is 47.2 Å². The van der Waals surface area contributed by atoms with Gasteiger partial charge in [0.25, 0.3) is 11.8 Å². The van der Waals surface area contributed by atoms with E-state index in [1.165, 1.54) is 6.07 Å². The summed E-state index contributed by atoms with van der Waals surface area (Å²) in [4.78, 5) is 23.9. The predicted octanol–water partition coefficient (Wildman–Crippen LogP) is 3.29. The summed E-state index contributed by atoms with van der Waals surface area (Å²) >= 11 is 8.07. The SMILES string of the molecule is CC(C)(C)c1ccc(C(=O)NNC(=S)NC(=O)c2ccc(Br)o2)cc1. The fourth-order valence-electron chi connectivity index (χ4n) is 1.94. The first-order valence-corrected chi connectivity index (χ1v) is 8.64. The number of rotatable bonds is 2. The Kier molecular flexibility index (Phi) is 5.97. The second kappa shape index (κ2) is 7.79. The molecule has 3 N–H and O–H groups in total. The van der Waals surface area contributed by atoms with Crippen molar-refractivity contribution in [3.8, 4) is 0 Å². The maximum absolute atomic E-state index is 12.1. The second-order valence-corrected chi connectivity index (χ2v) is 7.48. The number of carbonyl (C=O) groups excluding carboxylic acids is 2. The molecule has 0 fully saturated rings. The van der Waals surface area contributed by atoms with Crippen LogP contribution >= 0.6 is 28.1 Å². The van der Waals surface area contributed by atoms with E-state index in [9.17, 15) is 9.59 Å². The molecule has 0 saturated heterocycles. The minimum Gasteiger partial charge on any atom is -0.444 e. The highest BCUT2D eigenvalue weighted by Crippen LogP contribution is 2.22. The first-order valence-electron chi connectivity index (χ1n) is 7.44. The third-order valence-corrected chi connectivity index (χ3v) is 3.96. The Morgan fingerprint density at radius 2 is 1.64 bits per heavy atom. The van der Waals surface area contributed by atoms with Gasteiger partial charge in [0.1, 0.15) is 0 Å². The molecule has 2 rings (SSSR count). The molecule has 132 valence electrons. The van der Waals surface area contributed by atoms with Crippen LogP contribution in [0.4, 0.5) is 0 Å². The summed E-state index contributed by atoms with van der Waals surface area (Å²) in [5, 5.41) is 2.35. The lowest BCUT2D eigenvalue weighted by atomic mass is 9.87. The number of halogens is 1. The van der Waals surface area contributed by atoms with E-state index in [2.05, 4.69) is 52.9 Å². The molecule has 0 aliphatic rings. The number of hydrogen-bond acceptors (Lipinski definition) is 4. The molecule has 2 aromatic rings. The van der Waals surface area contributed by atoms with Crippen molar-refractivity contribution in [1.29, 1.82) is 0 Å². The maximum Gasteiger partial charge on any atom is 0.293 e. The van der Waals surface area contributed by atoms with Gasteiger partial charge in [0, 0.05) is 5.56 Å². The average Bonchev–Trinajstić information content (AvgIpc) is 2.98. The van der Waals surface area contributed by atoms with Crippen molar-refractivity contribution in [2.45, 2.75) is 26.2 Å². The molecule has 1 heterocycles. The zero-order valence-corrected chi connectivity index (χ0v) is 16.4. The van der Waals surface area contributed by atoms with Crippen LogP contribution in [0.25, 0.3) is 0 Å². The first-order chi connectivity index (χ1) is 11.7. The molecular formula is C17H18BrN3O3S. The van der Waals surface area contributed by atoms with E-state index in [0.717, 1.165) is 5.56 Å². The summed E-state index contributed by atoms with van der Waals surface area (Å²) in [6.07, 6.45) is 0. The Balaban J connectivity index is 1.87. The second-order valence-electron chi connectivity index (χ2n) is 6.29. The van der Waals surface area contributed by atoms with E-state index >= 15 is 0 Å². The van der Waals surface area contributed by atoms with E-state index in [1.807, 2.05) is 12.1 Å². The van der Waals surface area contributed by atoms with Crippen molar-refractivity contribution >= 4 is 45.1 Å². The first kappa shape index (κ1) is 19.1. The van der Waals surface area contributed by atoms with Gasteiger partial charge in [-0.1, -0.05) is 32.9 Å². The van der Waals surface area contributed by atoms with Gasteiger partial charge in [-0.3, -0.25) is 25.8 Å². The zero-order chi connectivity index (χ0) is 18.6. The minimum atomic E-state index is -0.521. The number of benzene rings is 1. The van der Waals surface area contributed by atoms with Crippen LogP contribution in [-0.2, 0) is 5.41 Å². The quantitative estimate of drug-likeness (QED) is 0.509. The summed E-state index contributed by atoms with van der Waals surface area (Å²) in [5.74, 6) is -0.787. The number of thiocarbonyl (C=S) groups is 1. The highest BCUT2D eigenvalue weighted by molar-refractivity contribution is 9.10. The smallest absolute Gasteiger partial charge is 0.293 e. The molecule has 2 amide bonds. The van der Waals surface area contributed by atoms with Crippen LogP contribution in [0.15, 0.2) is 45.5 Å². The largest absolute Gasteiger partial charge is 0.444 e. The number of carbonyl (C=O) groups is 2. The van der Waals surface area contributed by atoms with Crippen molar-refractivity contribution in [2.24, 2.45) is 0 Å². The van der Waals surface area contributed by atoms with Crippen molar-refractivity contribution < 1.29 is 14.0 Å². The van der Waals surface area contributed by atoms with Crippen molar-refractivity contribution in [2.75, 3.05) is 0 Å². The van der Waals surface area contributed by atoms with Crippen LogP contribution in [0, 0.1) is 0 Å². The Bertz CT molecular complexity index is 794. The summed E-state index contributed by atoms with van der Waals surface area (Å²) in [5.41, 5.74) is 6.53. The van der Waals surface area contributed by atoms with E-state index in [1.54, 1.807) is 18.2 Å².